The highest BCUT2D eigenvalue weighted by Gasteiger charge is 2.09. The lowest BCUT2D eigenvalue weighted by Crippen LogP contribution is -2.36. The highest BCUT2D eigenvalue weighted by molar-refractivity contribution is 14.0. The van der Waals surface area contributed by atoms with E-state index < -0.39 is 0 Å². The first-order valence-electron chi connectivity index (χ1n) is 5.53. The minimum absolute atomic E-state index is 0. The van der Waals surface area contributed by atoms with Crippen molar-refractivity contribution in [1.82, 2.24) is 20.4 Å². The van der Waals surface area contributed by atoms with Gasteiger partial charge in [0.25, 0.3) is 0 Å². The molecule has 0 aliphatic rings. The molecule has 0 aromatic carbocycles. The maximum Gasteiger partial charge on any atom is 0.191 e. The Morgan fingerprint density at radius 3 is 2.41 bits per heavy atom. The van der Waals surface area contributed by atoms with Gasteiger partial charge in [0.2, 0.25) is 0 Å². The Labute approximate surface area is 120 Å². The summed E-state index contributed by atoms with van der Waals surface area (Å²) in [5.41, 5.74) is 3.50. The Balaban J connectivity index is 0.00000256. The van der Waals surface area contributed by atoms with Crippen LogP contribution in [-0.4, -0.2) is 29.3 Å². The molecule has 0 aliphatic carbocycles. The molecule has 0 saturated carbocycles. The van der Waals surface area contributed by atoms with Crippen LogP contribution in [0.3, 0.4) is 0 Å². The first-order valence-corrected chi connectivity index (χ1v) is 5.53. The van der Waals surface area contributed by atoms with Crippen LogP contribution in [0.15, 0.2) is 4.99 Å². The highest BCUT2D eigenvalue weighted by atomic mass is 127. The third-order valence-electron chi connectivity index (χ3n) is 2.66. The fraction of sp³-hybridized carbons (Fsp3) is 0.636. The quantitative estimate of drug-likeness (QED) is 0.491. The number of aromatic nitrogens is 2. The molecule has 0 saturated heterocycles. The van der Waals surface area contributed by atoms with Crippen LogP contribution >= 0.6 is 24.0 Å². The van der Waals surface area contributed by atoms with Crippen molar-refractivity contribution < 1.29 is 0 Å². The predicted octanol–water partition coefficient (Wildman–Crippen LogP) is 1.34. The predicted molar refractivity (Wildman–Crippen MR) is 82.0 cm³/mol. The normalized spacial score (nSPS) is 11.0. The van der Waals surface area contributed by atoms with E-state index in [0.29, 0.717) is 0 Å². The van der Waals surface area contributed by atoms with Crippen molar-refractivity contribution in [1.29, 1.82) is 0 Å². The van der Waals surface area contributed by atoms with Gasteiger partial charge in [-0.1, -0.05) is 0 Å². The average molecular weight is 351 g/mol. The van der Waals surface area contributed by atoms with Crippen LogP contribution in [0.5, 0.6) is 0 Å². The Kier molecular flexibility index (Phi) is 7.17. The fourth-order valence-electron chi connectivity index (χ4n) is 1.63. The molecule has 17 heavy (non-hydrogen) atoms. The second kappa shape index (κ2) is 7.52. The summed E-state index contributed by atoms with van der Waals surface area (Å²) in [5.74, 6) is 0.824. The van der Waals surface area contributed by atoms with Gasteiger partial charge in [-0.25, -0.2) is 0 Å². The number of nitrogens with zero attached hydrogens (tertiary/aromatic N) is 3. The Morgan fingerprint density at radius 1 is 1.35 bits per heavy atom. The van der Waals surface area contributed by atoms with Gasteiger partial charge in [-0.05, 0) is 20.8 Å². The maximum absolute atomic E-state index is 4.38. The Morgan fingerprint density at radius 2 is 2.00 bits per heavy atom. The van der Waals surface area contributed by atoms with Crippen molar-refractivity contribution in [3.05, 3.63) is 17.0 Å². The van der Waals surface area contributed by atoms with Crippen LogP contribution in [0.4, 0.5) is 0 Å². The maximum atomic E-state index is 4.38. The van der Waals surface area contributed by atoms with Gasteiger partial charge in [0, 0.05) is 38.4 Å². The zero-order valence-electron chi connectivity index (χ0n) is 11.2. The number of halogens is 1. The summed E-state index contributed by atoms with van der Waals surface area (Å²) >= 11 is 0. The third-order valence-corrected chi connectivity index (χ3v) is 2.66. The topological polar surface area (TPSA) is 54.2 Å². The highest BCUT2D eigenvalue weighted by Crippen LogP contribution is 2.10. The fourth-order valence-corrected chi connectivity index (χ4v) is 1.63. The zero-order chi connectivity index (χ0) is 12.1. The summed E-state index contributed by atoms with van der Waals surface area (Å²) in [6, 6.07) is 0. The number of nitrogens with one attached hydrogen (secondary N) is 2. The molecule has 0 bridgehead atoms. The van der Waals surface area contributed by atoms with E-state index in [4.69, 9.17) is 0 Å². The first kappa shape index (κ1) is 16.2. The minimum atomic E-state index is 0. The molecule has 98 valence electrons. The number of hydrogen-bond donors (Lipinski definition) is 2. The molecule has 0 fully saturated rings. The number of aryl methyl sites for hydroxylation is 2. The van der Waals surface area contributed by atoms with Crippen molar-refractivity contribution in [2.45, 2.75) is 27.3 Å². The second-order valence-corrected chi connectivity index (χ2v) is 3.73. The van der Waals surface area contributed by atoms with Gasteiger partial charge in [0.1, 0.15) is 0 Å². The molecule has 0 unspecified atom stereocenters. The lowest BCUT2D eigenvalue weighted by Gasteiger charge is -2.10. The van der Waals surface area contributed by atoms with Gasteiger partial charge in [-0.3, -0.25) is 9.67 Å². The standard InChI is InChI=1S/C11H21N5.HI/c1-6-13-11(12-4)14-7-10-8(2)15-16(5)9(10)3;/h6-7H2,1-5H3,(H2,12,13,14);1H. The van der Waals surface area contributed by atoms with E-state index in [-0.39, 0.29) is 24.0 Å². The van der Waals surface area contributed by atoms with Gasteiger partial charge in [-0.2, -0.15) is 5.10 Å². The first-order chi connectivity index (χ1) is 7.60. The second-order valence-electron chi connectivity index (χ2n) is 3.73. The summed E-state index contributed by atoms with van der Waals surface area (Å²) in [7, 11) is 3.74. The van der Waals surface area contributed by atoms with Crippen molar-refractivity contribution in [2.75, 3.05) is 13.6 Å². The summed E-state index contributed by atoms with van der Waals surface area (Å²) < 4.78 is 1.91. The molecular formula is C11H22IN5. The molecule has 1 rings (SSSR count). The van der Waals surface area contributed by atoms with E-state index in [9.17, 15) is 0 Å². The minimum Gasteiger partial charge on any atom is -0.357 e. The van der Waals surface area contributed by atoms with Crippen LogP contribution in [0, 0.1) is 13.8 Å². The van der Waals surface area contributed by atoms with E-state index >= 15 is 0 Å². The van der Waals surface area contributed by atoms with Crippen molar-refractivity contribution in [3.63, 3.8) is 0 Å². The molecular weight excluding hydrogens is 329 g/mol. The van der Waals surface area contributed by atoms with Gasteiger partial charge in [0.15, 0.2) is 5.96 Å². The molecule has 0 radical (unpaired) electrons. The summed E-state index contributed by atoms with van der Waals surface area (Å²) in [5, 5.41) is 10.8. The van der Waals surface area contributed by atoms with Gasteiger partial charge in [0.05, 0.1) is 5.69 Å². The molecule has 5 nitrogen and oxygen atoms in total. The number of rotatable bonds is 3. The molecule has 0 aliphatic heterocycles. The number of guanidine groups is 1. The monoisotopic (exact) mass is 351 g/mol. The van der Waals surface area contributed by atoms with E-state index in [0.717, 1.165) is 24.7 Å². The Bertz CT molecular complexity index is 383. The average Bonchev–Trinajstić information content (AvgIpc) is 2.49. The van der Waals surface area contributed by atoms with Crippen LogP contribution < -0.4 is 10.6 Å². The van der Waals surface area contributed by atoms with Crippen LogP contribution in [0.2, 0.25) is 0 Å². The molecule has 0 amide bonds. The third kappa shape index (κ3) is 4.18. The van der Waals surface area contributed by atoms with E-state index in [1.165, 1.54) is 11.3 Å². The molecule has 0 spiro atoms. The summed E-state index contributed by atoms with van der Waals surface area (Å²) in [6.07, 6.45) is 0. The summed E-state index contributed by atoms with van der Waals surface area (Å²) in [6.45, 7) is 7.77. The van der Waals surface area contributed by atoms with Crippen LogP contribution in [0.1, 0.15) is 23.9 Å². The van der Waals surface area contributed by atoms with Gasteiger partial charge < -0.3 is 10.6 Å². The van der Waals surface area contributed by atoms with Crippen LogP contribution in [0.25, 0.3) is 0 Å². The molecule has 2 N–H and O–H groups in total. The molecule has 1 aromatic heterocycles. The van der Waals surface area contributed by atoms with Gasteiger partial charge >= 0.3 is 0 Å². The molecule has 1 aromatic rings. The molecule has 0 atom stereocenters. The lowest BCUT2D eigenvalue weighted by atomic mass is 10.2. The van der Waals surface area contributed by atoms with Crippen LogP contribution in [-0.2, 0) is 13.6 Å². The molecule has 1 heterocycles. The van der Waals surface area contributed by atoms with Crippen molar-refractivity contribution >= 4 is 29.9 Å². The van der Waals surface area contributed by atoms with Gasteiger partial charge in [-0.15, -0.1) is 24.0 Å². The van der Waals surface area contributed by atoms with E-state index in [2.05, 4.69) is 27.6 Å². The van der Waals surface area contributed by atoms with Crippen molar-refractivity contribution in [2.24, 2.45) is 12.0 Å². The van der Waals surface area contributed by atoms with E-state index in [1.807, 2.05) is 25.6 Å². The lowest BCUT2D eigenvalue weighted by molar-refractivity contribution is 0.728. The largest absolute Gasteiger partial charge is 0.357 e. The van der Waals surface area contributed by atoms with E-state index in [1.54, 1.807) is 7.05 Å². The smallest absolute Gasteiger partial charge is 0.191 e. The summed E-state index contributed by atoms with van der Waals surface area (Å²) in [4.78, 5) is 4.13. The molecule has 6 heteroatoms. The number of hydrogen-bond acceptors (Lipinski definition) is 2. The Hall–Kier alpha value is -0.790. The SMILES string of the molecule is CCNC(=NC)NCc1c(C)nn(C)c1C.I. The zero-order valence-corrected chi connectivity index (χ0v) is 13.5. The van der Waals surface area contributed by atoms with Crippen molar-refractivity contribution in [3.8, 4) is 0 Å². The number of aliphatic imine (C=N–C) groups is 1.